The average molecular weight is 316 g/mol. The summed E-state index contributed by atoms with van der Waals surface area (Å²) in [6, 6.07) is 5.52. The summed E-state index contributed by atoms with van der Waals surface area (Å²) in [5.41, 5.74) is 3.22. The van der Waals surface area contributed by atoms with Gasteiger partial charge in [0.25, 0.3) is 0 Å². The van der Waals surface area contributed by atoms with Crippen LogP contribution in [0.25, 0.3) is 10.9 Å². The summed E-state index contributed by atoms with van der Waals surface area (Å²) < 4.78 is 5.85. The second-order valence-electron chi connectivity index (χ2n) is 6.17. The van der Waals surface area contributed by atoms with E-state index in [1.165, 1.54) is 19.3 Å². The van der Waals surface area contributed by atoms with Gasteiger partial charge in [-0.3, -0.25) is 10.1 Å². The molecule has 23 heavy (non-hydrogen) atoms. The summed E-state index contributed by atoms with van der Waals surface area (Å²) >= 11 is 0. The van der Waals surface area contributed by atoms with E-state index < -0.39 is 12.0 Å². The quantitative estimate of drug-likeness (QED) is 0.686. The highest BCUT2D eigenvalue weighted by atomic mass is 16.5. The SMILES string of the molecule is CCCCCCOc1ccc2[nH]c3c(c2c1)CC(C(=O)O)NC3. The minimum Gasteiger partial charge on any atom is -0.494 e. The van der Waals surface area contributed by atoms with Gasteiger partial charge in [0.2, 0.25) is 0 Å². The molecule has 2 aromatic rings. The van der Waals surface area contributed by atoms with Crippen molar-refractivity contribution in [2.75, 3.05) is 6.61 Å². The Morgan fingerprint density at radius 1 is 1.35 bits per heavy atom. The maximum absolute atomic E-state index is 11.2. The Morgan fingerprint density at radius 3 is 3.00 bits per heavy atom. The van der Waals surface area contributed by atoms with Crippen LogP contribution in [0.4, 0.5) is 0 Å². The third kappa shape index (κ3) is 3.50. The first-order chi connectivity index (χ1) is 11.2. The Bertz CT molecular complexity index is 693. The molecular formula is C18H24N2O3. The molecule has 1 atom stereocenters. The normalized spacial score (nSPS) is 17.2. The number of hydrogen-bond acceptors (Lipinski definition) is 3. The molecule has 124 valence electrons. The fourth-order valence-corrected chi connectivity index (χ4v) is 3.15. The lowest BCUT2D eigenvalue weighted by molar-refractivity contribution is -0.139. The number of hydrogen-bond donors (Lipinski definition) is 3. The molecule has 0 radical (unpaired) electrons. The van der Waals surface area contributed by atoms with Crippen LogP contribution in [0.5, 0.6) is 5.75 Å². The summed E-state index contributed by atoms with van der Waals surface area (Å²) in [5.74, 6) is 0.0644. The number of aromatic nitrogens is 1. The number of unbranched alkanes of at least 4 members (excludes halogenated alkanes) is 3. The molecule has 5 nitrogen and oxygen atoms in total. The van der Waals surface area contributed by atoms with Gasteiger partial charge in [0.05, 0.1) is 6.61 Å². The van der Waals surface area contributed by atoms with Crippen molar-refractivity contribution in [2.45, 2.75) is 51.6 Å². The first kappa shape index (κ1) is 15.9. The van der Waals surface area contributed by atoms with E-state index in [0.29, 0.717) is 13.0 Å². The van der Waals surface area contributed by atoms with E-state index in [1.54, 1.807) is 0 Å². The second kappa shape index (κ2) is 7.04. The molecule has 3 rings (SSSR count). The summed E-state index contributed by atoms with van der Waals surface area (Å²) in [5, 5.41) is 13.3. The Labute approximate surface area is 136 Å². The number of aliphatic carboxylic acids is 1. The number of nitrogens with one attached hydrogen (secondary N) is 2. The first-order valence-electron chi connectivity index (χ1n) is 8.41. The van der Waals surface area contributed by atoms with E-state index >= 15 is 0 Å². The zero-order valence-corrected chi connectivity index (χ0v) is 13.5. The monoisotopic (exact) mass is 316 g/mol. The van der Waals surface area contributed by atoms with Crippen molar-refractivity contribution in [3.63, 3.8) is 0 Å². The number of ether oxygens (including phenoxy) is 1. The van der Waals surface area contributed by atoms with Gasteiger partial charge in [-0.25, -0.2) is 0 Å². The largest absolute Gasteiger partial charge is 0.494 e. The zero-order chi connectivity index (χ0) is 16.2. The number of H-pyrrole nitrogens is 1. The lowest BCUT2D eigenvalue weighted by Crippen LogP contribution is -2.41. The molecule has 0 amide bonds. The number of benzene rings is 1. The standard InChI is InChI=1S/C18H24N2O3/c1-2-3-4-5-8-23-12-6-7-15-13(9-12)14-10-16(18(21)22)19-11-17(14)20-15/h6-7,9,16,19-20H,2-5,8,10-11H2,1H3,(H,21,22). The number of fused-ring (bicyclic) bond motifs is 3. The van der Waals surface area contributed by atoms with Gasteiger partial charge >= 0.3 is 5.97 Å². The van der Waals surface area contributed by atoms with E-state index in [4.69, 9.17) is 4.74 Å². The molecule has 1 aromatic heterocycles. The molecule has 1 aliphatic heterocycles. The molecule has 0 saturated heterocycles. The van der Waals surface area contributed by atoms with Gasteiger partial charge in [-0.05, 0) is 30.2 Å². The zero-order valence-electron chi connectivity index (χ0n) is 13.5. The molecule has 1 aromatic carbocycles. The maximum atomic E-state index is 11.2. The number of aromatic amines is 1. The van der Waals surface area contributed by atoms with Crippen molar-refractivity contribution in [3.05, 3.63) is 29.5 Å². The van der Waals surface area contributed by atoms with E-state index in [-0.39, 0.29) is 0 Å². The lowest BCUT2D eigenvalue weighted by Gasteiger charge is -2.20. The Hall–Kier alpha value is -2.01. The fraction of sp³-hybridized carbons (Fsp3) is 0.500. The van der Waals surface area contributed by atoms with Crippen LogP contribution in [-0.2, 0) is 17.8 Å². The smallest absolute Gasteiger partial charge is 0.321 e. The van der Waals surface area contributed by atoms with E-state index in [0.717, 1.165) is 40.9 Å². The van der Waals surface area contributed by atoms with Gasteiger partial charge in [0, 0.05) is 29.6 Å². The van der Waals surface area contributed by atoms with Crippen molar-refractivity contribution in [3.8, 4) is 5.75 Å². The number of rotatable bonds is 7. The summed E-state index contributed by atoms with van der Waals surface area (Å²) in [6.07, 6.45) is 5.24. The third-order valence-corrected chi connectivity index (χ3v) is 4.46. The molecular weight excluding hydrogens is 292 g/mol. The van der Waals surface area contributed by atoms with Gasteiger partial charge in [-0.1, -0.05) is 26.2 Å². The van der Waals surface area contributed by atoms with E-state index in [2.05, 4.69) is 17.2 Å². The summed E-state index contributed by atoms with van der Waals surface area (Å²) in [4.78, 5) is 14.6. The van der Waals surface area contributed by atoms with Crippen molar-refractivity contribution in [2.24, 2.45) is 0 Å². The highest BCUT2D eigenvalue weighted by Crippen LogP contribution is 2.29. The van der Waals surface area contributed by atoms with Crippen LogP contribution >= 0.6 is 0 Å². The van der Waals surface area contributed by atoms with Crippen LogP contribution in [0.2, 0.25) is 0 Å². The molecule has 1 unspecified atom stereocenters. The number of carboxylic acids is 1. The van der Waals surface area contributed by atoms with Crippen LogP contribution in [0.15, 0.2) is 18.2 Å². The van der Waals surface area contributed by atoms with Crippen LogP contribution < -0.4 is 10.1 Å². The van der Waals surface area contributed by atoms with Crippen LogP contribution in [-0.4, -0.2) is 28.7 Å². The van der Waals surface area contributed by atoms with Gasteiger partial charge in [0.1, 0.15) is 11.8 Å². The van der Waals surface area contributed by atoms with Gasteiger partial charge in [0.15, 0.2) is 0 Å². The minimum absolute atomic E-state index is 0.505. The highest BCUT2D eigenvalue weighted by Gasteiger charge is 2.26. The number of carbonyl (C=O) groups is 1. The number of carboxylic acid groups (broad SMARTS) is 1. The summed E-state index contributed by atoms with van der Waals surface area (Å²) in [7, 11) is 0. The molecule has 0 spiro atoms. The van der Waals surface area contributed by atoms with Crippen LogP contribution in [0.1, 0.15) is 43.9 Å². The van der Waals surface area contributed by atoms with Crippen molar-refractivity contribution < 1.29 is 14.6 Å². The molecule has 3 N–H and O–H groups in total. The Kier molecular flexibility index (Phi) is 4.86. The highest BCUT2D eigenvalue weighted by molar-refractivity contribution is 5.87. The molecule has 0 saturated carbocycles. The topological polar surface area (TPSA) is 74.4 Å². The molecule has 2 heterocycles. The minimum atomic E-state index is -0.798. The first-order valence-corrected chi connectivity index (χ1v) is 8.41. The third-order valence-electron chi connectivity index (χ3n) is 4.46. The summed E-state index contributed by atoms with van der Waals surface area (Å²) in [6.45, 7) is 3.49. The molecule has 0 fully saturated rings. The van der Waals surface area contributed by atoms with Gasteiger partial charge in [-0.2, -0.15) is 0 Å². The van der Waals surface area contributed by atoms with Gasteiger partial charge in [-0.15, -0.1) is 0 Å². The van der Waals surface area contributed by atoms with Crippen molar-refractivity contribution in [1.29, 1.82) is 0 Å². The molecule has 0 bridgehead atoms. The van der Waals surface area contributed by atoms with Crippen LogP contribution in [0, 0.1) is 0 Å². The Morgan fingerprint density at radius 2 is 2.22 bits per heavy atom. The van der Waals surface area contributed by atoms with Crippen molar-refractivity contribution in [1.82, 2.24) is 10.3 Å². The maximum Gasteiger partial charge on any atom is 0.321 e. The van der Waals surface area contributed by atoms with Gasteiger partial charge < -0.3 is 14.8 Å². The molecule has 1 aliphatic rings. The van der Waals surface area contributed by atoms with E-state index in [9.17, 15) is 9.90 Å². The molecule has 0 aliphatic carbocycles. The Balaban J connectivity index is 1.74. The van der Waals surface area contributed by atoms with E-state index in [1.807, 2.05) is 18.2 Å². The fourth-order valence-electron chi connectivity index (χ4n) is 3.15. The van der Waals surface area contributed by atoms with Crippen molar-refractivity contribution >= 4 is 16.9 Å². The average Bonchev–Trinajstić information content (AvgIpc) is 2.91. The van der Waals surface area contributed by atoms with Crippen LogP contribution in [0.3, 0.4) is 0 Å². The molecule has 5 heteroatoms. The lowest BCUT2D eigenvalue weighted by atomic mass is 9.98. The predicted molar refractivity (Wildman–Crippen MR) is 89.9 cm³/mol. The predicted octanol–water partition coefficient (Wildman–Crippen LogP) is 3.23. The second-order valence-corrected chi connectivity index (χ2v) is 6.17.